The number of ether oxygens (including phenoxy) is 1. The lowest BCUT2D eigenvalue weighted by molar-refractivity contribution is 0.415. The average molecular weight is 442 g/mol. The molecule has 0 amide bonds. The highest BCUT2D eigenvalue weighted by atomic mass is 16.5. The molecule has 2 aromatic heterocycles. The zero-order valence-corrected chi connectivity index (χ0v) is 19.2. The highest BCUT2D eigenvalue weighted by Crippen LogP contribution is 2.32. The fourth-order valence-corrected chi connectivity index (χ4v) is 3.22. The number of anilines is 1. The predicted molar refractivity (Wildman–Crippen MR) is 130 cm³/mol. The first-order valence-corrected chi connectivity index (χ1v) is 10.4. The number of methoxy groups -OCH3 is 1. The summed E-state index contributed by atoms with van der Waals surface area (Å²) in [6.45, 7) is 6.76. The Kier molecular flexibility index (Phi) is 7.04. The van der Waals surface area contributed by atoms with Gasteiger partial charge in [-0.3, -0.25) is 9.98 Å². The average Bonchev–Trinajstić information content (AvgIpc) is 2.80. The lowest BCUT2D eigenvalue weighted by Crippen LogP contribution is -2.14. The number of aromatic nitrogens is 3. The maximum Gasteiger partial charge on any atom is 0.221 e. The van der Waals surface area contributed by atoms with Crippen LogP contribution in [-0.4, -0.2) is 28.3 Å². The van der Waals surface area contributed by atoms with Gasteiger partial charge >= 0.3 is 0 Å². The molecule has 8 heteroatoms. The van der Waals surface area contributed by atoms with Crippen LogP contribution >= 0.6 is 0 Å². The Morgan fingerprint density at radius 3 is 2.58 bits per heavy atom. The molecular weight excluding hydrogens is 414 g/mol. The third-order valence-electron chi connectivity index (χ3n) is 4.89. The van der Waals surface area contributed by atoms with E-state index >= 15 is 0 Å². The van der Waals surface area contributed by atoms with E-state index in [4.69, 9.17) is 21.2 Å². The highest BCUT2D eigenvalue weighted by Gasteiger charge is 2.16. The predicted octanol–water partition coefficient (Wildman–Crippen LogP) is 3.87. The van der Waals surface area contributed by atoms with E-state index in [9.17, 15) is 5.26 Å². The monoisotopic (exact) mass is 441 g/mol. The standard InChI is InChI=1S/C25H27N7O/c1-25(2,3)22-10-6-8-18(30-22)15-29-14-17(13-27)20-11-21(32-24(28)31-20)19-9-5-7-16(12-26)23(19)33-4/h5-11,13-14H,15,27H2,1-4H3,(H2,28,31,32). The molecule has 0 fully saturated rings. The SMILES string of the molecule is COc1c(C#N)cccc1-c1cc(C(C=NCc2cccc(C(C)(C)C)n2)=CN)nc(N)n1. The molecule has 0 saturated heterocycles. The highest BCUT2D eigenvalue weighted by molar-refractivity contribution is 6.09. The fourth-order valence-electron chi connectivity index (χ4n) is 3.22. The Hall–Kier alpha value is -4.25. The number of nitriles is 1. The normalized spacial score (nSPS) is 12.0. The molecule has 2 heterocycles. The molecule has 1 aromatic carbocycles. The van der Waals surface area contributed by atoms with Gasteiger partial charge in [0.15, 0.2) is 0 Å². The topological polar surface area (TPSA) is 136 Å². The van der Waals surface area contributed by atoms with Crippen molar-refractivity contribution in [3.63, 3.8) is 0 Å². The number of nitrogen functional groups attached to an aromatic ring is 1. The van der Waals surface area contributed by atoms with Crippen molar-refractivity contribution >= 4 is 17.7 Å². The van der Waals surface area contributed by atoms with Gasteiger partial charge in [-0.05, 0) is 30.3 Å². The van der Waals surface area contributed by atoms with Gasteiger partial charge in [-0.2, -0.15) is 5.26 Å². The summed E-state index contributed by atoms with van der Waals surface area (Å²) in [4.78, 5) is 17.8. The third kappa shape index (κ3) is 5.52. The van der Waals surface area contributed by atoms with Crippen LogP contribution in [0.4, 0.5) is 5.95 Å². The van der Waals surface area contributed by atoms with Crippen molar-refractivity contribution in [3.05, 3.63) is 71.3 Å². The summed E-state index contributed by atoms with van der Waals surface area (Å²) in [5.74, 6) is 0.486. The number of aliphatic imine (C=N–C) groups is 1. The molecule has 168 valence electrons. The summed E-state index contributed by atoms with van der Waals surface area (Å²) in [6.07, 6.45) is 3.05. The van der Waals surface area contributed by atoms with Crippen LogP contribution in [0.15, 0.2) is 53.7 Å². The van der Waals surface area contributed by atoms with Crippen molar-refractivity contribution < 1.29 is 4.74 Å². The van der Waals surface area contributed by atoms with Gasteiger partial charge in [0.05, 0.1) is 36.3 Å². The molecule has 0 aliphatic heterocycles. The number of benzene rings is 1. The van der Waals surface area contributed by atoms with Crippen LogP contribution < -0.4 is 16.2 Å². The summed E-state index contributed by atoms with van der Waals surface area (Å²) in [5.41, 5.74) is 16.3. The molecule has 0 aliphatic carbocycles. The maximum atomic E-state index is 9.37. The molecule has 0 atom stereocenters. The summed E-state index contributed by atoms with van der Waals surface area (Å²) in [7, 11) is 1.51. The van der Waals surface area contributed by atoms with Crippen LogP contribution in [0, 0.1) is 11.3 Å². The maximum absolute atomic E-state index is 9.37. The van der Waals surface area contributed by atoms with Crippen LogP contribution in [0.2, 0.25) is 0 Å². The number of nitrogens with two attached hydrogens (primary N) is 2. The molecule has 0 saturated carbocycles. The number of pyridine rings is 1. The van der Waals surface area contributed by atoms with E-state index in [0.29, 0.717) is 40.4 Å². The summed E-state index contributed by atoms with van der Waals surface area (Å²) >= 11 is 0. The first kappa shape index (κ1) is 23.4. The van der Waals surface area contributed by atoms with Crippen LogP contribution in [0.25, 0.3) is 16.8 Å². The van der Waals surface area contributed by atoms with Crippen molar-refractivity contribution in [1.29, 1.82) is 5.26 Å². The van der Waals surface area contributed by atoms with Crippen molar-refractivity contribution in [2.75, 3.05) is 12.8 Å². The zero-order valence-electron chi connectivity index (χ0n) is 19.2. The number of allylic oxidation sites excluding steroid dienone is 1. The Balaban J connectivity index is 1.91. The van der Waals surface area contributed by atoms with Crippen molar-refractivity contribution in [3.8, 4) is 23.1 Å². The molecule has 0 aliphatic rings. The van der Waals surface area contributed by atoms with Gasteiger partial charge in [0.2, 0.25) is 5.95 Å². The lowest BCUT2D eigenvalue weighted by Gasteiger charge is -2.17. The second kappa shape index (κ2) is 9.92. The van der Waals surface area contributed by atoms with Gasteiger partial charge in [-0.25, -0.2) is 9.97 Å². The Bertz CT molecular complexity index is 1250. The molecule has 3 rings (SSSR count). The summed E-state index contributed by atoms with van der Waals surface area (Å²) in [6, 6.07) is 15.0. The van der Waals surface area contributed by atoms with Crippen LogP contribution in [0.5, 0.6) is 5.75 Å². The van der Waals surface area contributed by atoms with Crippen molar-refractivity contribution in [2.24, 2.45) is 10.7 Å². The smallest absolute Gasteiger partial charge is 0.221 e. The van der Waals surface area contributed by atoms with E-state index in [1.165, 1.54) is 13.3 Å². The minimum atomic E-state index is -0.0408. The fraction of sp³-hybridized carbons (Fsp3) is 0.240. The van der Waals surface area contributed by atoms with Crippen LogP contribution in [0.1, 0.15) is 43.4 Å². The molecular formula is C25H27N7O. The molecule has 3 aromatic rings. The van der Waals surface area contributed by atoms with E-state index in [-0.39, 0.29) is 11.4 Å². The Morgan fingerprint density at radius 1 is 1.15 bits per heavy atom. The first-order chi connectivity index (χ1) is 15.8. The molecule has 0 radical (unpaired) electrons. The van der Waals surface area contributed by atoms with Gasteiger partial charge in [0.25, 0.3) is 0 Å². The van der Waals surface area contributed by atoms with Gasteiger partial charge < -0.3 is 16.2 Å². The van der Waals surface area contributed by atoms with E-state index in [1.54, 1.807) is 30.5 Å². The number of para-hydroxylation sites is 1. The molecule has 0 spiro atoms. The molecule has 33 heavy (non-hydrogen) atoms. The molecule has 0 unspecified atom stereocenters. The lowest BCUT2D eigenvalue weighted by atomic mass is 9.91. The second-order valence-corrected chi connectivity index (χ2v) is 8.35. The van der Waals surface area contributed by atoms with E-state index < -0.39 is 0 Å². The quantitative estimate of drug-likeness (QED) is 0.554. The minimum Gasteiger partial charge on any atom is -0.495 e. The number of hydrogen-bond donors (Lipinski definition) is 2. The van der Waals surface area contributed by atoms with Crippen molar-refractivity contribution in [2.45, 2.75) is 32.7 Å². The number of hydrogen-bond acceptors (Lipinski definition) is 8. The second-order valence-electron chi connectivity index (χ2n) is 8.35. The summed E-state index contributed by atoms with van der Waals surface area (Å²) < 4.78 is 5.44. The van der Waals surface area contributed by atoms with Gasteiger partial charge in [0, 0.05) is 34.7 Å². The molecule has 0 bridgehead atoms. The summed E-state index contributed by atoms with van der Waals surface area (Å²) in [5, 5.41) is 9.37. The number of nitrogens with zero attached hydrogens (tertiary/aromatic N) is 5. The largest absolute Gasteiger partial charge is 0.495 e. The minimum absolute atomic E-state index is 0.0408. The van der Waals surface area contributed by atoms with E-state index in [1.807, 2.05) is 18.2 Å². The Labute approximate surface area is 193 Å². The van der Waals surface area contributed by atoms with Crippen LogP contribution in [-0.2, 0) is 12.0 Å². The molecule has 4 N–H and O–H groups in total. The van der Waals surface area contributed by atoms with E-state index in [2.05, 4.69) is 41.8 Å². The van der Waals surface area contributed by atoms with Gasteiger partial charge in [-0.15, -0.1) is 0 Å². The number of rotatable bonds is 6. The third-order valence-corrected chi connectivity index (χ3v) is 4.89. The molecule has 8 nitrogen and oxygen atoms in total. The van der Waals surface area contributed by atoms with E-state index in [0.717, 1.165) is 11.4 Å². The van der Waals surface area contributed by atoms with Crippen molar-refractivity contribution in [1.82, 2.24) is 15.0 Å². The Morgan fingerprint density at radius 2 is 1.91 bits per heavy atom. The first-order valence-electron chi connectivity index (χ1n) is 10.4. The zero-order chi connectivity index (χ0) is 24.0. The van der Waals surface area contributed by atoms with Crippen LogP contribution in [0.3, 0.4) is 0 Å². The van der Waals surface area contributed by atoms with Gasteiger partial charge in [-0.1, -0.05) is 32.9 Å². The van der Waals surface area contributed by atoms with Gasteiger partial charge in [0.1, 0.15) is 11.8 Å².